The van der Waals surface area contributed by atoms with Gasteiger partial charge in [-0.1, -0.05) is 30.3 Å². The minimum absolute atomic E-state index is 0.118. The van der Waals surface area contributed by atoms with Crippen LogP contribution in [0.3, 0.4) is 0 Å². The lowest BCUT2D eigenvalue weighted by Gasteiger charge is -2.21. The van der Waals surface area contributed by atoms with Crippen molar-refractivity contribution < 1.29 is 9.59 Å². The van der Waals surface area contributed by atoms with E-state index in [4.69, 9.17) is 0 Å². The number of hydrogen-bond acceptors (Lipinski definition) is 3. The van der Waals surface area contributed by atoms with Crippen LogP contribution in [0.15, 0.2) is 30.3 Å². The maximum atomic E-state index is 11.7. The summed E-state index contributed by atoms with van der Waals surface area (Å²) in [6.45, 7) is 6.17. The molecule has 2 N–H and O–H groups in total. The fourth-order valence-electron chi connectivity index (χ4n) is 1.60. The van der Waals surface area contributed by atoms with Gasteiger partial charge in [-0.25, -0.2) is 0 Å². The number of amides is 1. The van der Waals surface area contributed by atoms with Gasteiger partial charge in [0.15, 0.2) is 0 Å². The molecule has 1 amide bonds. The summed E-state index contributed by atoms with van der Waals surface area (Å²) in [5, 5.41) is 5.81. The molecule has 0 saturated carbocycles. The predicted octanol–water partition coefficient (Wildman–Crippen LogP) is 1.30. The Hall–Kier alpha value is -1.68. The van der Waals surface area contributed by atoms with Gasteiger partial charge in [0.1, 0.15) is 6.29 Å². The van der Waals surface area contributed by atoms with Crippen LogP contribution < -0.4 is 10.6 Å². The summed E-state index contributed by atoms with van der Waals surface area (Å²) in [5.41, 5.74) is 0.914. The minimum atomic E-state index is -0.475. The summed E-state index contributed by atoms with van der Waals surface area (Å²) in [4.78, 5) is 22.7. The first-order valence-electron chi connectivity index (χ1n) is 6.44. The highest BCUT2D eigenvalue weighted by Gasteiger charge is 2.15. The van der Waals surface area contributed by atoms with Gasteiger partial charge in [-0.3, -0.25) is 4.79 Å². The van der Waals surface area contributed by atoms with Gasteiger partial charge in [0.05, 0.1) is 12.6 Å². The number of aldehydes is 1. The molecule has 4 nitrogen and oxygen atoms in total. The third-order valence-corrected chi connectivity index (χ3v) is 2.59. The maximum Gasteiger partial charge on any atom is 0.234 e. The van der Waals surface area contributed by atoms with Gasteiger partial charge in [0.2, 0.25) is 5.91 Å². The molecular weight excluding hydrogens is 240 g/mol. The Labute approximate surface area is 114 Å². The van der Waals surface area contributed by atoms with Crippen LogP contribution in [0.1, 0.15) is 26.3 Å². The first-order chi connectivity index (χ1) is 8.90. The largest absolute Gasteiger partial charge is 0.345 e. The zero-order valence-electron chi connectivity index (χ0n) is 11.8. The van der Waals surface area contributed by atoms with Gasteiger partial charge in [-0.05, 0) is 32.8 Å². The standard InChI is InChI=1S/C15H22N2O2/c1-15(2,3)16-10-14(19)17-13(11-18)9-12-7-5-4-6-8-12/h4-8,11,13,16H,9-10H2,1-3H3,(H,17,19). The summed E-state index contributed by atoms with van der Waals surface area (Å²) in [6.07, 6.45) is 1.30. The molecule has 0 bridgehead atoms. The molecule has 19 heavy (non-hydrogen) atoms. The topological polar surface area (TPSA) is 58.2 Å². The van der Waals surface area contributed by atoms with E-state index in [2.05, 4.69) is 10.6 Å². The Kier molecular flexibility index (Phi) is 5.70. The second kappa shape index (κ2) is 7.04. The summed E-state index contributed by atoms with van der Waals surface area (Å²) >= 11 is 0. The summed E-state index contributed by atoms with van der Waals surface area (Å²) < 4.78 is 0. The second-order valence-electron chi connectivity index (χ2n) is 5.60. The van der Waals surface area contributed by atoms with Crippen LogP contribution in [-0.2, 0) is 16.0 Å². The van der Waals surface area contributed by atoms with Crippen molar-refractivity contribution in [3.8, 4) is 0 Å². The fraction of sp³-hybridized carbons (Fsp3) is 0.467. The van der Waals surface area contributed by atoms with Crippen LogP contribution in [0.5, 0.6) is 0 Å². The molecule has 0 spiro atoms. The Morgan fingerprint density at radius 1 is 1.26 bits per heavy atom. The van der Waals surface area contributed by atoms with Gasteiger partial charge >= 0.3 is 0 Å². The zero-order valence-corrected chi connectivity index (χ0v) is 11.8. The highest BCUT2D eigenvalue weighted by molar-refractivity contribution is 5.81. The molecular formula is C15H22N2O2. The molecule has 4 heteroatoms. The highest BCUT2D eigenvalue weighted by Crippen LogP contribution is 2.02. The molecule has 0 aliphatic rings. The smallest absolute Gasteiger partial charge is 0.234 e. The molecule has 0 aliphatic heterocycles. The van der Waals surface area contributed by atoms with Crippen LogP contribution in [0.2, 0.25) is 0 Å². The number of hydrogen-bond donors (Lipinski definition) is 2. The van der Waals surface area contributed by atoms with Gasteiger partial charge in [-0.15, -0.1) is 0 Å². The molecule has 0 radical (unpaired) electrons. The molecule has 1 aromatic carbocycles. The van der Waals surface area contributed by atoms with E-state index in [-0.39, 0.29) is 18.0 Å². The second-order valence-corrected chi connectivity index (χ2v) is 5.60. The first kappa shape index (κ1) is 15.4. The number of nitrogens with one attached hydrogen (secondary N) is 2. The van der Waals surface area contributed by atoms with E-state index < -0.39 is 6.04 Å². The molecule has 1 aromatic rings. The summed E-state index contributed by atoms with van der Waals surface area (Å²) in [5.74, 6) is -0.164. The molecule has 0 fully saturated rings. The molecule has 1 unspecified atom stereocenters. The van der Waals surface area contributed by atoms with E-state index in [1.54, 1.807) is 0 Å². The Morgan fingerprint density at radius 3 is 2.42 bits per heavy atom. The zero-order chi connectivity index (χ0) is 14.3. The third kappa shape index (κ3) is 6.72. The van der Waals surface area contributed by atoms with E-state index in [0.717, 1.165) is 11.8 Å². The molecule has 104 valence electrons. The van der Waals surface area contributed by atoms with Crippen molar-refractivity contribution in [3.05, 3.63) is 35.9 Å². The van der Waals surface area contributed by atoms with E-state index in [1.807, 2.05) is 51.1 Å². The van der Waals surface area contributed by atoms with Crippen LogP contribution in [0, 0.1) is 0 Å². The van der Waals surface area contributed by atoms with Gasteiger partial charge in [0.25, 0.3) is 0 Å². The normalized spacial score (nSPS) is 12.8. The first-order valence-corrected chi connectivity index (χ1v) is 6.44. The SMILES string of the molecule is CC(C)(C)NCC(=O)NC(C=O)Cc1ccccc1. The van der Waals surface area contributed by atoms with Gasteiger partial charge < -0.3 is 15.4 Å². The number of rotatable bonds is 6. The van der Waals surface area contributed by atoms with Crippen molar-refractivity contribution in [3.63, 3.8) is 0 Å². The molecule has 1 atom stereocenters. The third-order valence-electron chi connectivity index (χ3n) is 2.59. The van der Waals surface area contributed by atoms with E-state index >= 15 is 0 Å². The minimum Gasteiger partial charge on any atom is -0.345 e. The maximum absolute atomic E-state index is 11.7. The monoisotopic (exact) mass is 262 g/mol. The van der Waals surface area contributed by atoms with Crippen LogP contribution in [0.4, 0.5) is 0 Å². The lowest BCUT2D eigenvalue weighted by atomic mass is 10.1. The fourth-order valence-corrected chi connectivity index (χ4v) is 1.60. The van der Waals surface area contributed by atoms with Crippen molar-refractivity contribution in [2.75, 3.05) is 6.54 Å². The number of carbonyl (C=O) groups is 2. The molecule has 1 rings (SSSR count). The molecule has 0 saturated heterocycles. The lowest BCUT2D eigenvalue weighted by molar-refractivity contribution is -0.123. The van der Waals surface area contributed by atoms with Crippen LogP contribution >= 0.6 is 0 Å². The van der Waals surface area contributed by atoms with Crippen molar-refractivity contribution in [1.29, 1.82) is 0 Å². The molecule has 0 aliphatic carbocycles. The molecule has 0 aromatic heterocycles. The Morgan fingerprint density at radius 2 is 1.89 bits per heavy atom. The average Bonchev–Trinajstić information content (AvgIpc) is 2.36. The van der Waals surface area contributed by atoms with Crippen molar-refractivity contribution >= 4 is 12.2 Å². The van der Waals surface area contributed by atoms with E-state index in [0.29, 0.717) is 6.42 Å². The van der Waals surface area contributed by atoms with Crippen LogP contribution in [0.25, 0.3) is 0 Å². The Bertz CT molecular complexity index is 410. The summed E-state index contributed by atoms with van der Waals surface area (Å²) in [7, 11) is 0. The average molecular weight is 262 g/mol. The highest BCUT2D eigenvalue weighted by atomic mass is 16.2. The van der Waals surface area contributed by atoms with Gasteiger partial charge in [-0.2, -0.15) is 0 Å². The summed E-state index contributed by atoms with van der Waals surface area (Å²) in [6, 6.07) is 9.16. The quantitative estimate of drug-likeness (QED) is 0.760. The van der Waals surface area contributed by atoms with Crippen molar-refractivity contribution in [1.82, 2.24) is 10.6 Å². The predicted molar refractivity (Wildman–Crippen MR) is 75.9 cm³/mol. The van der Waals surface area contributed by atoms with Gasteiger partial charge in [0, 0.05) is 5.54 Å². The number of carbonyl (C=O) groups excluding carboxylic acids is 2. The van der Waals surface area contributed by atoms with E-state index in [1.165, 1.54) is 0 Å². The number of benzene rings is 1. The van der Waals surface area contributed by atoms with Crippen LogP contribution in [-0.4, -0.2) is 30.3 Å². The van der Waals surface area contributed by atoms with Crippen molar-refractivity contribution in [2.45, 2.75) is 38.8 Å². The van der Waals surface area contributed by atoms with E-state index in [9.17, 15) is 9.59 Å². The Balaban J connectivity index is 2.44. The molecule has 0 heterocycles. The lowest BCUT2D eigenvalue weighted by Crippen LogP contribution is -2.46. The van der Waals surface area contributed by atoms with Crippen molar-refractivity contribution in [2.24, 2.45) is 0 Å².